The van der Waals surface area contributed by atoms with E-state index in [0.29, 0.717) is 0 Å². The summed E-state index contributed by atoms with van der Waals surface area (Å²) in [5.74, 6) is 5.29. The van der Waals surface area contributed by atoms with Crippen molar-refractivity contribution in [2.75, 3.05) is 0 Å². The molecule has 18 heavy (non-hydrogen) atoms. The molecule has 0 heterocycles. The third kappa shape index (κ3) is 3.78. The summed E-state index contributed by atoms with van der Waals surface area (Å²) in [7, 11) is 0. The van der Waals surface area contributed by atoms with Crippen molar-refractivity contribution in [3.63, 3.8) is 0 Å². The maximum absolute atomic E-state index is 5.52. The normalized spacial score (nSPS) is 8.11. The van der Waals surface area contributed by atoms with Crippen LogP contribution in [0.4, 0.5) is 0 Å². The predicted octanol–water partition coefficient (Wildman–Crippen LogP) is 2.02. The zero-order chi connectivity index (χ0) is 11.4. The monoisotopic (exact) mass is 250 g/mol. The molecule has 0 bridgehead atoms. The minimum absolute atomic E-state index is 0. The van der Waals surface area contributed by atoms with E-state index in [-0.39, 0.29) is 59.1 Å². The Labute approximate surface area is 153 Å². The van der Waals surface area contributed by atoms with E-state index in [2.05, 4.69) is 11.8 Å². The van der Waals surface area contributed by atoms with Gasteiger partial charge in [-0.15, -0.1) is 12.8 Å². The number of rotatable bonds is 1. The molecule has 78 valence electrons. The van der Waals surface area contributed by atoms with Gasteiger partial charge in [-0.1, -0.05) is 54.3 Å². The molecule has 0 aromatic heterocycles. The van der Waals surface area contributed by atoms with Gasteiger partial charge in [-0.05, 0) is 17.2 Å². The van der Waals surface area contributed by atoms with Crippen LogP contribution < -0.4 is 0 Å². The molecule has 0 saturated heterocycles. The van der Waals surface area contributed by atoms with Crippen LogP contribution in [0.15, 0.2) is 48.5 Å². The Morgan fingerprint density at radius 3 is 1.94 bits per heavy atom. The van der Waals surface area contributed by atoms with Crippen LogP contribution in [0.25, 0.3) is 11.1 Å². The number of terminal acetylenes is 2. The van der Waals surface area contributed by atoms with Gasteiger partial charge in [0.1, 0.15) is 0 Å². The molecule has 0 aliphatic carbocycles. The van der Waals surface area contributed by atoms with E-state index in [9.17, 15) is 0 Å². The SMILES string of the molecule is C#Cc1cccc(-c2ccccc2)c1C#C.[NaH].[NaH]. The average molecular weight is 250 g/mol. The Morgan fingerprint density at radius 2 is 1.39 bits per heavy atom. The van der Waals surface area contributed by atoms with Crippen molar-refractivity contribution in [1.82, 2.24) is 0 Å². The number of hydrogen-bond donors (Lipinski definition) is 0. The molecule has 0 unspecified atom stereocenters. The van der Waals surface area contributed by atoms with E-state index in [1.165, 1.54) is 0 Å². The fraction of sp³-hybridized carbons (Fsp3) is 0. The van der Waals surface area contributed by atoms with Crippen molar-refractivity contribution < 1.29 is 0 Å². The quantitative estimate of drug-likeness (QED) is 0.536. The van der Waals surface area contributed by atoms with Gasteiger partial charge in [-0.3, -0.25) is 0 Å². The van der Waals surface area contributed by atoms with Crippen molar-refractivity contribution in [3.8, 4) is 35.8 Å². The Bertz CT molecular complexity index is 587. The van der Waals surface area contributed by atoms with E-state index in [0.717, 1.165) is 22.3 Å². The van der Waals surface area contributed by atoms with E-state index in [1.807, 2.05) is 48.5 Å². The van der Waals surface area contributed by atoms with Crippen LogP contribution in [0.2, 0.25) is 0 Å². The molecule has 0 aliphatic rings. The second-order valence-corrected chi connectivity index (χ2v) is 3.38. The van der Waals surface area contributed by atoms with Gasteiger partial charge in [0.05, 0.1) is 0 Å². The number of hydrogen-bond acceptors (Lipinski definition) is 0. The fourth-order valence-electron chi connectivity index (χ4n) is 1.69. The van der Waals surface area contributed by atoms with Crippen LogP contribution in [0.1, 0.15) is 11.1 Å². The summed E-state index contributed by atoms with van der Waals surface area (Å²) in [6, 6.07) is 15.8. The van der Waals surface area contributed by atoms with E-state index < -0.39 is 0 Å². The van der Waals surface area contributed by atoms with Crippen molar-refractivity contribution >= 4 is 59.1 Å². The Balaban J connectivity index is 0.00000144. The molecule has 2 aromatic rings. The molecular weight excluding hydrogens is 238 g/mol. The van der Waals surface area contributed by atoms with Crippen LogP contribution in [0, 0.1) is 24.7 Å². The molecule has 2 rings (SSSR count). The average Bonchev–Trinajstić information content (AvgIpc) is 2.38. The van der Waals surface area contributed by atoms with Crippen molar-refractivity contribution in [2.45, 2.75) is 0 Å². The zero-order valence-electron chi connectivity index (χ0n) is 8.77. The molecule has 0 spiro atoms. The standard InChI is InChI=1S/C16H10.2Na.2H/c1-3-13-11-8-12-16(15(13)4-2)14-9-6-5-7-10-14;;;;/h1-2,5-12H;;;;. The van der Waals surface area contributed by atoms with Gasteiger partial charge in [0.25, 0.3) is 0 Å². The molecule has 0 N–H and O–H groups in total. The summed E-state index contributed by atoms with van der Waals surface area (Å²) in [6.07, 6.45) is 10.9. The minimum atomic E-state index is 0. The molecule has 2 heteroatoms. The van der Waals surface area contributed by atoms with Crippen molar-refractivity contribution in [1.29, 1.82) is 0 Å². The van der Waals surface area contributed by atoms with Gasteiger partial charge in [-0.25, -0.2) is 0 Å². The molecule has 0 aliphatic heterocycles. The van der Waals surface area contributed by atoms with Gasteiger partial charge in [0.2, 0.25) is 0 Å². The summed E-state index contributed by atoms with van der Waals surface area (Å²) < 4.78 is 0. The maximum atomic E-state index is 5.52. The molecule has 0 saturated carbocycles. The molecular formula is C16H12Na2. The topological polar surface area (TPSA) is 0 Å². The van der Waals surface area contributed by atoms with E-state index in [4.69, 9.17) is 12.8 Å². The summed E-state index contributed by atoms with van der Waals surface area (Å²) >= 11 is 0. The second kappa shape index (κ2) is 8.63. The first kappa shape index (κ1) is 17.6. The van der Waals surface area contributed by atoms with Gasteiger partial charge < -0.3 is 0 Å². The number of benzene rings is 2. The van der Waals surface area contributed by atoms with Crippen LogP contribution in [0.5, 0.6) is 0 Å². The van der Waals surface area contributed by atoms with Crippen LogP contribution >= 0.6 is 0 Å². The van der Waals surface area contributed by atoms with Crippen molar-refractivity contribution in [2.24, 2.45) is 0 Å². The fourth-order valence-corrected chi connectivity index (χ4v) is 1.69. The molecule has 0 atom stereocenters. The molecule has 0 fully saturated rings. The molecule has 0 amide bonds. The zero-order valence-corrected chi connectivity index (χ0v) is 8.77. The third-order valence-corrected chi connectivity index (χ3v) is 2.45. The van der Waals surface area contributed by atoms with E-state index in [1.54, 1.807) is 0 Å². The van der Waals surface area contributed by atoms with E-state index >= 15 is 0 Å². The summed E-state index contributed by atoms with van der Waals surface area (Å²) in [5.41, 5.74) is 3.66. The first-order chi connectivity index (χ1) is 7.86. The molecule has 0 radical (unpaired) electrons. The third-order valence-electron chi connectivity index (χ3n) is 2.45. The Hall–Kier alpha value is -0.440. The summed E-state index contributed by atoms with van der Waals surface area (Å²) in [4.78, 5) is 0. The Kier molecular flexibility index (Phi) is 8.41. The van der Waals surface area contributed by atoms with Gasteiger partial charge in [0, 0.05) is 11.1 Å². The summed E-state index contributed by atoms with van der Waals surface area (Å²) in [5, 5.41) is 0. The van der Waals surface area contributed by atoms with Gasteiger partial charge in [-0.2, -0.15) is 0 Å². The first-order valence-corrected chi connectivity index (χ1v) is 4.98. The van der Waals surface area contributed by atoms with Crippen molar-refractivity contribution in [3.05, 3.63) is 59.7 Å². The molecule has 0 nitrogen and oxygen atoms in total. The van der Waals surface area contributed by atoms with Crippen LogP contribution in [-0.4, -0.2) is 59.1 Å². The van der Waals surface area contributed by atoms with Gasteiger partial charge >= 0.3 is 59.1 Å². The first-order valence-electron chi connectivity index (χ1n) is 4.98. The van der Waals surface area contributed by atoms with Gasteiger partial charge in [0.15, 0.2) is 0 Å². The molecule has 2 aromatic carbocycles. The summed E-state index contributed by atoms with van der Waals surface area (Å²) in [6.45, 7) is 0. The Morgan fingerprint density at radius 1 is 0.722 bits per heavy atom. The predicted molar refractivity (Wildman–Crippen MR) is 82.0 cm³/mol. The van der Waals surface area contributed by atoms with Crippen LogP contribution in [0.3, 0.4) is 0 Å². The second-order valence-electron chi connectivity index (χ2n) is 3.38. The van der Waals surface area contributed by atoms with Crippen LogP contribution in [-0.2, 0) is 0 Å².